The van der Waals surface area contributed by atoms with Crippen molar-refractivity contribution >= 4 is 22.2 Å². The Balaban J connectivity index is 1.35. The first-order chi connectivity index (χ1) is 18.8. The van der Waals surface area contributed by atoms with Crippen molar-refractivity contribution in [3.05, 3.63) is 119 Å². The molecule has 0 aromatic heterocycles. The molecule has 0 radical (unpaired) electrons. The van der Waals surface area contributed by atoms with E-state index in [4.69, 9.17) is 13.7 Å². The number of amides is 1. The Hall–Kier alpha value is -4.63. The van der Waals surface area contributed by atoms with Crippen LogP contribution >= 0.6 is 0 Å². The molecule has 0 unspecified atom stereocenters. The standard InChI is InChI=1S/C30H28N2O6S/c1-3-36-29-19-25(13-18-28(29)37-21-24-7-5-4-6-8-24)30(33)32-31-20-23-11-14-26(15-12-23)38-39(34,35)27-16-9-22(2)10-17-27/h4-20H,3,21H2,1-2H3,(H,32,33)/b31-20+. The maximum absolute atomic E-state index is 12.6. The highest BCUT2D eigenvalue weighted by Gasteiger charge is 2.16. The molecule has 0 fully saturated rings. The summed E-state index contributed by atoms with van der Waals surface area (Å²) in [7, 11) is -3.94. The number of hydrogen-bond donors (Lipinski definition) is 1. The molecular weight excluding hydrogens is 516 g/mol. The second-order valence-electron chi connectivity index (χ2n) is 8.49. The van der Waals surface area contributed by atoms with Crippen molar-refractivity contribution in [2.75, 3.05) is 6.61 Å². The van der Waals surface area contributed by atoms with Gasteiger partial charge in [0.25, 0.3) is 5.91 Å². The van der Waals surface area contributed by atoms with Gasteiger partial charge in [0.1, 0.15) is 17.3 Å². The lowest BCUT2D eigenvalue weighted by Gasteiger charge is -2.13. The smallest absolute Gasteiger partial charge is 0.339 e. The summed E-state index contributed by atoms with van der Waals surface area (Å²) in [6.45, 7) is 4.51. The van der Waals surface area contributed by atoms with Crippen LogP contribution in [0.4, 0.5) is 0 Å². The molecule has 1 amide bonds. The van der Waals surface area contributed by atoms with Gasteiger partial charge in [-0.15, -0.1) is 0 Å². The van der Waals surface area contributed by atoms with Crippen molar-refractivity contribution in [1.29, 1.82) is 0 Å². The molecule has 0 atom stereocenters. The van der Waals surface area contributed by atoms with Gasteiger partial charge >= 0.3 is 10.1 Å². The van der Waals surface area contributed by atoms with Crippen LogP contribution in [0.1, 0.15) is 34.0 Å². The first-order valence-electron chi connectivity index (χ1n) is 12.2. The Kier molecular flexibility index (Phi) is 8.96. The fourth-order valence-corrected chi connectivity index (χ4v) is 4.42. The number of hydrazone groups is 1. The van der Waals surface area contributed by atoms with Crippen molar-refractivity contribution in [2.24, 2.45) is 5.10 Å². The van der Waals surface area contributed by atoms with Gasteiger partial charge in [-0.05, 0) is 79.6 Å². The SMILES string of the molecule is CCOc1cc(C(=O)N/N=C/c2ccc(OS(=O)(=O)c3ccc(C)cc3)cc2)ccc1OCc1ccccc1. The first-order valence-corrected chi connectivity index (χ1v) is 13.6. The number of aryl methyl sites for hydroxylation is 1. The zero-order chi connectivity index (χ0) is 27.7. The van der Waals surface area contributed by atoms with E-state index < -0.39 is 16.0 Å². The van der Waals surface area contributed by atoms with Crippen LogP contribution in [0.5, 0.6) is 17.2 Å². The second-order valence-corrected chi connectivity index (χ2v) is 10.0. The number of carbonyl (C=O) groups is 1. The second kappa shape index (κ2) is 12.7. The quantitative estimate of drug-likeness (QED) is 0.152. The third-order valence-electron chi connectivity index (χ3n) is 5.52. The molecule has 0 heterocycles. The van der Waals surface area contributed by atoms with E-state index >= 15 is 0 Å². The van der Waals surface area contributed by atoms with E-state index in [-0.39, 0.29) is 10.6 Å². The van der Waals surface area contributed by atoms with E-state index in [0.29, 0.717) is 35.8 Å². The topological polar surface area (TPSA) is 103 Å². The van der Waals surface area contributed by atoms with Crippen LogP contribution in [0.15, 0.2) is 107 Å². The van der Waals surface area contributed by atoms with Gasteiger partial charge in [-0.25, -0.2) is 5.43 Å². The summed E-state index contributed by atoms with van der Waals surface area (Å²) in [5.74, 6) is 0.731. The number of rotatable bonds is 11. The van der Waals surface area contributed by atoms with Crippen LogP contribution in [0.25, 0.3) is 0 Å². The number of nitrogens with zero attached hydrogens (tertiary/aromatic N) is 1. The molecule has 0 aliphatic heterocycles. The van der Waals surface area contributed by atoms with Crippen LogP contribution in [0.2, 0.25) is 0 Å². The minimum atomic E-state index is -3.94. The van der Waals surface area contributed by atoms with E-state index in [1.807, 2.05) is 44.2 Å². The molecule has 0 aliphatic carbocycles. The third-order valence-corrected chi connectivity index (χ3v) is 6.78. The highest BCUT2D eigenvalue weighted by molar-refractivity contribution is 7.87. The van der Waals surface area contributed by atoms with Crippen LogP contribution < -0.4 is 19.1 Å². The van der Waals surface area contributed by atoms with E-state index in [9.17, 15) is 13.2 Å². The molecule has 1 N–H and O–H groups in total. The van der Waals surface area contributed by atoms with Gasteiger partial charge in [-0.3, -0.25) is 4.79 Å². The van der Waals surface area contributed by atoms with Gasteiger partial charge in [0.15, 0.2) is 11.5 Å². The minimum Gasteiger partial charge on any atom is -0.490 e. The molecule has 4 aromatic carbocycles. The number of carbonyl (C=O) groups excluding carboxylic acids is 1. The van der Waals surface area contributed by atoms with Crippen LogP contribution in [0.3, 0.4) is 0 Å². The van der Waals surface area contributed by atoms with Crippen molar-refractivity contribution in [1.82, 2.24) is 5.43 Å². The number of ether oxygens (including phenoxy) is 2. The average molecular weight is 545 g/mol. The molecule has 4 rings (SSSR count). The minimum absolute atomic E-state index is 0.0738. The summed E-state index contributed by atoms with van der Waals surface area (Å²) >= 11 is 0. The Bertz CT molecular complexity index is 1540. The van der Waals surface area contributed by atoms with Gasteiger partial charge in [-0.1, -0.05) is 48.0 Å². The number of nitrogens with one attached hydrogen (secondary N) is 1. The Morgan fingerprint density at radius 3 is 2.28 bits per heavy atom. The molecule has 0 bridgehead atoms. The van der Waals surface area contributed by atoms with Gasteiger partial charge in [0.2, 0.25) is 0 Å². The maximum atomic E-state index is 12.6. The lowest BCUT2D eigenvalue weighted by atomic mass is 10.2. The predicted molar refractivity (Wildman–Crippen MR) is 149 cm³/mol. The fraction of sp³-hybridized carbons (Fsp3) is 0.133. The molecule has 9 heteroatoms. The fourth-order valence-electron chi connectivity index (χ4n) is 3.49. The molecule has 200 valence electrons. The highest BCUT2D eigenvalue weighted by atomic mass is 32.2. The largest absolute Gasteiger partial charge is 0.490 e. The van der Waals surface area contributed by atoms with Gasteiger partial charge < -0.3 is 13.7 Å². The summed E-state index contributed by atoms with van der Waals surface area (Å²) in [6.07, 6.45) is 1.44. The van der Waals surface area contributed by atoms with Crippen molar-refractivity contribution < 1.29 is 26.9 Å². The lowest BCUT2D eigenvalue weighted by molar-refractivity contribution is 0.0954. The molecule has 39 heavy (non-hydrogen) atoms. The van der Waals surface area contributed by atoms with Crippen molar-refractivity contribution in [3.63, 3.8) is 0 Å². The Morgan fingerprint density at radius 2 is 1.59 bits per heavy atom. The van der Waals surface area contributed by atoms with Gasteiger partial charge in [-0.2, -0.15) is 13.5 Å². The summed E-state index contributed by atoms with van der Waals surface area (Å²) in [6, 6.07) is 27.4. The Morgan fingerprint density at radius 1 is 0.872 bits per heavy atom. The summed E-state index contributed by atoms with van der Waals surface area (Å²) < 4.78 is 41.7. The zero-order valence-corrected chi connectivity index (χ0v) is 22.4. The first kappa shape index (κ1) is 27.4. The normalized spacial score (nSPS) is 11.2. The van der Waals surface area contributed by atoms with Crippen LogP contribution in [0, 0.1) is 6.92 Å². The Labute approximate surface area is 228 Å². The van der Waals surface area contributed by atoms with E-state index in [0.717, 1.165) is 11.1 Å². The molecule has 0 saturated heterocycles. The molecular formula is C30H28N2O6S. The highest BCUT2D eigenvalue weighted by Crippen LogP contribution is 2.29. The summed E-state index contributed by atoms with van der Waals surface area (Å²) in [4.78, 5) is 12.7. The van der Waals surface area contributed by atoms with E-state index in [2.05, 4.69) is 10.5 Å². The van der Waals surface area contributed by atoms with Crippen LogP contribution in [-0.2, 0) is 16.7 Å². The molecule has 4 aromatic rings. The lowest BCUT2D eigenvalue weighted by Crippen LogP contribution is -2.17. The van der Waals surface area contributed by atoms with E-state index in [1.54, 1.807) is 42.5 Å². The van der Waals surface area contributed by atoms with E-state index in [1.165, 1.54) is 30.5 Å². The molecule has 0 aliphatic rings. The van der Waals surface area contributed by atoms with Crippen molar-refractivity contribution in [3.8, 4) is 17.2 Å². The number of benzene rings is 4. The zero-order valence-electron chi connectivity index (χ0n) is 21.5. The average Bonchev–Trinajstić information content (AvgIpc) is 2.94. The maximum Gasteiger partial charge on any atom is 0.339 e. The molecule has 0 spiro atoms. The van der Waals surface area contributed by atoms with Gasteiger partial charge in [0, 0.05) is 5.56 Å². The summed E-state index contributed by atoms with van der Waals surface area (Å²) in [5.41, 5.74) is 5.43. The predicted octanol–water partition coefficient (Wildman–Crippen LogP) is 5.50. The van der Waals surface area contributed by atoms with Crippen LogP contribution in [-0.4, -0.2) is 27.1 Å². The van der Waals surface area contributed by atoms with Gasteiger partial charge in [0.05, 0.1) is 12.8 Å². The van der Waals surface area contributed by atoms with Crippen molar-refractivity contribution in [2.45, 2.75) is 25.3 Å². The third kappa shape index (κ3) is 7.68. The monoisotopic (exact) mass is 544 g/mol. The molecule has 8 nitrogen and oxygen atoms in total. The number of hydrogen-bond acceptors (Lipinski definition) is 7. The summed E-state index contributed by atoms with van der Waals surface area (Å²) in [5, 5.41) is 4.00. The molecule has 0 saturated carbocycles.